The van der Waals surface area contributed by atoms with Gasteiger partial charge in [0.2, 0.25) is 15.9 Å². The summed E-state index contributed by atoms with van der Waals surface area (Å²) in [4.78, 5) is 11.7. The minimum Gasteiger partial charge on any atom is -0.325 e. The zero-order chi connectivity index (χ0) is 14.6. The Morgan fingerprint density at radius 3 is 2.58 bits per heavy atom. The van der Waals surface area contributed by atoms with E-state index in [1.54, 1.807) is 0 Å². The number of nitrogens with two attached hydrogens (primary N) is 1. The maximum atomic E-state index is 11.8. The van der Waals surface area contributed by atoms with Crippen molar-refractivity contribution in [2.75, 3.05) is 5.32 Å². The third kappa shape index (κ3) is 4.49. The van der Waals surface area contributed by atoms with Crippen molar-refractivity contribution in [3.63, 3.8) is 0 Å². The molecule has 0 bridgehead atoms. The molecule has 7 heteroatoms. The van der Waals surface area contributed by atoms with Crippen LogP contribution in [-0.2, 0) is 14.8 Å². The lowest BCUT2D eigenvalue weighted by molar-refractivity contribution is -0.119. The predicted octanol–water partition coefficient (Wildman–Crippen LogP) is 2.36. The Kier molecular flexibility index (Phi) is 5.34. The van der Waals surface area contributed by atoms with Crippen LogP contribution in [-0.4, -0.2) is 14.3 Å². The Labute approximate surface area is 118 Å². The third-order valence-electron chi connectivity index (χ3n) is 2.70. The van der Waals surface area contributed by atoms with Gasteiger partial charge in [0, 0.05) is 5.92 Å². The van der Waals surface area contributed by atoms with E-state index in [1.807, 2.05) is 13.8 Å². The number of carbonyl (C=O) groups is 1. The fourth-order valence-corrected chi connectivity index (χ4v) is 2.43. The summed E-state index contributed by atoms with van der Waals surface area (Å²) in [6.07, 6.45) is 1.69. The van der Waals surface area contributed by atoms with E-state index in [0.29, 0.717) is 5.69 Å². The van der Waals surface area contributed by atoms with Crippen molar-refractivity contribution in [2.45, 2.75) is 31.6 Å². The van der Waals surface area contributed by atoms with Gasteiger partial charge in [-0.3, -0.25) is 4.79 Å². The van der Waals surface area contributed by atoms with Crippen LogP contribution in [0.15, 0.2) is 23.1 Å². The summed E-state index contributed by atoms with van der Waals surface area (Å²) >= 11 is 5.93. The number of rotatable bonds is 5. The monoisotopic (exact) mass is 304 g/mol. The first kappa shape index (κ1) is 15.9. The van der Waals surface area contributed by atoms with Gasteiger partial charge in [-0.05, 0) is 24.6 Å². The van der Waals surface area contributed by atoms with Gasteiger partial charge in [-0.15, -0.1) is 0 Å². The van der Waals surface area contributed by atoms with Crippen molar-refractivity contribution in [3.8, 4) is 0 Å². The Bertz CT molecular complexity index is 572. The van der Waals surface area contributed by atoms with Crippen LogP contribution < -0.4 is 10.5 Å². The minimum atomic E-state index is -3.79. The summed E-state index contributed by atoms with van der Waals surface area (Å²) < 4.78 is 22.3. The fourth-order valence-electron chi connectivity index (χ4n) is 1.59. The Hall–Kier alpha value is -1.11. The highest BCUT2D eigenvalue weighted by Gasteiger charge is 2.15. The van der Waals surface area contributed by atoms with Crippen LogP contribution >= 0.6 is 11.6 Å². The number of anilines is 1. The third-order valence-corrected chi connectivity index (χ3v) is 3.92. The van der Waals surface area contributed by atoms with E-state index >= 15 is 0 Å². The molecular formula is C12H17ClN2O3S. The highest BCUT2D eigenvalue weighted by atomic mass is 35.5. The summed E-state index contributed by atoms with van der Waals surface area (Å²) in [5.74, 6) is -0.272. The van der Waals surface area contributed by atoms with Crippen LogP contribution in [0.25, 0.3) is 0 Å². The summed E-state index contributed by atoms with van der Waals surface area (Å²) in [5, 5.41) is 7.80. The van der Waals surface area contributed by atoms with Gasteiger partial charge in [-0.2, -0.15) is 0 Å². The Balaban J connectivity index is 2.90. The molecule has 0 saturated carbocycles. The summed E-state index contributed by atoms with van der Waals surface area (Å²) in [6.45, 7) is 3.82. The quantitative estimate of drug-likeness (QED) is 0.875. The average molecular weight is 305 g/mol. The molecule has 5 nitrogen and oxygen atoms in total. The number of carbonyl (C=O) groups excluding carboxylic acids is 1. The molecule has 19 heavy (non-hydrogen) atoms. The van der Waals surface area contributed by atoms with E-state index in [1.165, 1.54) is 18.2 Å². The van der Waals surface area contributed by atoms with Crippen molar-refractivity contribution < 1.29 is 13.2 Å². The average Bonchev–Trinajstić information content (AvgIpc) is 2.30. The zero-order valence-electron chi connectivity index (χ0n) is 10.8. The number of hydrogen-bond acceptors (Lipinski definition) is 3. The number of primary sulfonamides is 1. The highest BCUT2D eigenvalue weighted by Crippen LogP contribution is 2.25. The lowest BCUT2D eigenvalue weighted by Crippen LogP contribution is -2.20. The van der Waals surface area contributed by atoms with Crippen molar-refractivity contribution in [3.05, 3.63) is 23.2 Å². The molecule has 0 aliphatic carbocycles. The normalized spacial score (nSPS) is 13.1. The van der Waals surface area contributed by atoms with Crippen molar-refractivity contribution in [2.24, 2.45) is 11.1 Å². The first-order valence-electron chi connectivity index (χ1n) is 5.89. The van der Waals surface area contributed by atoms with Gasteiger partial charge in [0.05, 0.1) is 15.6 Å². The van der Waals surface area contributed by atoms with Gasteiger partial charge in [-0.1, -0.05) is 31.9 Å². The molecule has 1 rings (SSSR count). The predicted molar refractivity (Wildman–Crippen MR) is 75.5 cm³/mol. The van der Waals surface area contributed by atoms with Gasteiger partial charge in [0.15, 0.2) is 0 Å². The number of hydrogen-bond donors (Lipinski definition) is 2. The lowest BCUT2D eigenvalue weighted by Gasteiger charge is -2.12. The van der Waals surface area contributed by atoms with Crippen LogP contribution in [0.3, 0.4) is 0 Å². The number of sulfonamides is 1. The molecule has 0 aliphatic heterocycles. The second-order valence-corrected chi connectivity index (χ2v) is 6.33. The maximum Gasteiger partial charge on any atom is 0.238 e. The number of halogens is 1. The molecule has 3 N–H and O–H groups in total. The minimum absolute atomic E-state index is 0.0860. The molecule has 106 valence electrons. The number of amides is 1. The number of benzene rings is 1. The van der Waals surface area contributed by atoms with Crippen molar-refractivity contribution in [1.82, 2.24) is 0 Å². The van der Waals surface area contributed by atoms with Crippen LogP contribution in [0.5, 0.6) is 0 Å². The van der Waals surface area contributed by atoms with Gasteiger partial charge < -0.3 is 5.32 Å². The first-order valence-corrected chi connectivity index (χ1v) is 7.81. The van der Waals surface area contributed by atoms with Crippen molar-refractivity contribution >= 4 is 33.2 Å². The van der Waals surface area contributed by atoms with Crippen LogP contribution in [0, 0.1) is 5.92 Å². The summed E-state index contributed by atoms with van der Waals surface area (Å²) in [6, 6.07) is 3.96. The van der Waals surface area contributed by atoms with Crippen LogP contribution in [0.4, 0.5) is 5.69 Å². The Morgan fingerprint density at radius 1 is 1.47 bits per heavy atom. The van der Waals surface area contributed by atoms with Gasteiger partial charge in [0.25, 0.3) is 0 Å². The van der Waals surface area contributed by atoms with Crippen LogP contribution in [0.1, 0.15) is 26.7 Å². The molecular weight excluding hydrogens is 288 g/mol. The second kappa shape index (κ2) is 6.36. The summed E-state index contributed by atoms with van der Waals surface area (Å²) in [5.41, 5.74) is 0.377. The molecule has 0 radical (unpaired) electrons. The molecule has 0 heterocycles. The van der Waals surface area contributed by atoms with E-state index in [2.05, 4.69) is 5.32 Å². The molecule has 1 atom stereocenters. The Morgan fingerprint density at radius 2 is 2.11 bits per heavy atom. The number of nitrogens with one attached hydrogen (secondary N) is 1. The fraction of sp³-hybridized carbons (Fsp3) is 0.417. The van der Waals surface area contributed by atoms with Gasteiger partial charge in [0.1, 0.15) is 0 Å². The molecule has 1 aromatic carbocycles. The molecule has 0 fully saturated rings. The molecule has 1 unspecified atom stereocenters. The largest absolute Gasteiger partial charge is 0.325 e. The zero-order valence-corrected chi connectivity index (χ0v) is 12.4. The molecule has 0 spiro atoms. The van der Waals surface area contributed by atoms with Gasteiger partial charge >= 0.3 is 0 Å². The molecule has 0 aromatic heterocycles. The SMILES string of the molecule is CCCC(C)C(=O)Nc1ccc(S(N)(=O)=O)cc1Cl. The highest BCUT2D eigenvalue weighted by molar-refractivity contribution is 7.89. The van der Waals surface area contributed by atoms with E-state index < -0.39 is 10.0 Å². The van der Waals surface area contributed by atoms with E-state index in [0.717, 1.165) is 12.8 Å². The first-order chi connectivity index (χ1) is 8.75. The van der Waals surface area contributed by atoms with Gasteiger partial charge in [-0.25, -0.2) is 13.6 Å². The molecule has 0 saturated heterocycles. The molecule has 1 amide bonds. The molecule has 1 aromatic rings. The van der Waals surface area contributed by atoms with E-state index in [4.69, 9.17) is 16.7 Å². The van der Waals surface area contributed by atoms with E-state index in [9.17, 15) is 13.2 Å². The molecule has 0 aliphatic rings. The smallest absolute Gasteiger partial charge is 0.238 e. The van der Waals surface area contributed by atoms with Crippen LogP contribution in [0.2, 0.25) is 5.02 Å². The summed E-state index contributed by atoms with van der Waals surface area (Å²) in [7, 11) is -3.79. The topological polar surface area (TPSA) is 89.3 Å². The van der Waals surface area contributed by atoms with Crippen molar-refractivity contribution in [1.29, 1.82) is 0 Å². The second-order valence-electron chi connectivity index (χ2n) is 4.37. The maximum absolute atomic E-state index is 11.8. The standard InChI is InChI=1S/C12H17ClN2O3S/c1-3-4-8(2)12(16)15-11-6-5-9(7-10(11)13)19(14,17)18/h5-8H,3-4H2,1-2H3,(H,15,16)(H2,14,17,18). The van der Waals surface area contributed by atoms with E-state index in [-0.39, 0.29) is 21.7 Å². The lowest BCUT2D eigenvalue weighted by atomic mass is 10.1.